The number of sulfonamides is 1. The minimum absolute atomic E-state index is 0.0152. The summed E-state index contributed by atoms with van der Waals surface area (Å²) in [6, 6.07) is 2.80. The van der Waals surface area contributed by atoms with Gasteiger partial charge < -0.3 is 5.11 Å². The van der Waals surface area contributed by atoms with Crippen LogP contribution in [0.5, 0.6) is 0 Å². The van der Waals surface area contributed by atoms with Crippen LogP contribution in [0.25, 0.3) is 0 Å². The molecule has 1 aliphatic rings. The first-order chi connectivity index (χ1) is 9.81. The lowest BCUT2D eigenvalue weighted by Crippen LogP contribution is -2.45. The van der Waals surface area contributed by atoms with Crippen molar-refractivity contribution >= 4 is 16.0 Å². The standard InChI is InChI=1S/C14H18FNO4S/c1-9-8-10(15)6-7-13(9)21(19,20)16-12-5-3-2-4-11(12)14(17)18/h6-8,11-12,16H,2-5H2,1H3,(H,17,18). The van der Waals surface area contributed by atoms with Crippen molar-refractivity contribution < 1.29 is 22.7 Å². The molecule has 1 aromatic rings. The molecule has 2 unspecified atom stereocenters. The Morgan fingerprint density at radius 1 is 1.33 bits per heavy atom. The van der Waals surface area contributed by atoms with Gasteiger partial charge in [0.15, 0.2) is 0 Å². The number of hydrogen-bond acceptors (Lipinski definition) is 3. The molecule has 0 bridgehead atoms. The molecule has 0 radical (unpaired) electrons. The minimum Gasteiger partial charge on any atom is -0.481 e. The molecule has 2 rings (SSSR count). The number of carboxylic acids is 1. The Morgan fingerprint density at radius 2 is 2.00 bits per heavy atom. The second-order valence-corrected chi connectivity index (χ2v) is 7.05. The SMILES string of the molecule is Cc1cc(F)ccc1S(=O)(=O)NC1CCCCC1C(=O)O. The van der Waals surface area contributed by atoms with Crippen molar-refractivity contribution in [3.05, 3.63) is 29.6 Å². The first kappa shape index (κ1) is 15.9. The average molecular weight is 315 g/mol. The van der Waals surface area contributed by atoms with E-state index in [9.17, 15) is 22.7 Å². The maximum atomic E-state index is 13.1. The summed E-state index contributed by atoms with van der Waals surface area (Å²) in [6.07, 6.45) is 2.53. The van der Waals surface area contributed by atoms with Gasteiger partial charge in [0, 0.05) is 6.04 Å². The molecule has 1 aliphatic carbocycles. The Kier molecular flexibility index (Phi) is 4.63. The number of nitrogens with one attached hydrogen (secondary N) is 1. The number of rotatable bonds is 4. The molecule has 0 aromatic heterocycles. The van der Waals surface area contributed by atoms with E-state index in [1.54, 1.807) is 0 Å². The van der Waals surface area contributed by atoms with E-state index in [4.69, 9.17) is 0 Å². The van der Waals surface area contributed by atoms with Crippen molar-refractivity contribution in [1.29, 1.82) is 0 Å². The van der Waals surface area contributed by atoms with E-state index in [-0.39, 0.29) is 4.90 Å². The molecule has 0 spiro atoms. The highest BCUT2D eigenvalue weighted by Crippen LogP contribution is 2.26. The van der Waals surface area contributed by atoms with Crippen LogP contribution in [0.15, 0.2) is 23.1 Å². The van der Waals surface area contributed by atoms with Gasteiger partial charge in [-0.3, -0.25) is 4.79 Å². The topological polar surface area (TPSA) is 83.5 Å². The number of benzene rings is 1. The summed E-state index contributed by atoms with van der Waals surface area (Å²) in [6.45, 7) is 1.51. The van der Waals surface area contributed by atoms with E-state index < -0.39 is 33.8 Å². The molecule has 1 saturated carbocycles. The maximum Gasteiger partial charge on any atom is 0.308 e. The highest BCUT2D eigenvalue weighted by Gasteiger charge is 2.34. The number of carboxylic acid groups (broad SMARTS) is 1. The van der Waals surface area contributed by atoms with Crippen molar-refractivity contribution in [2.75, 3.05) is 0 Å². The van der Waals surface area contributed by atoms with E-state index in [0.717, 1.165) is 25.0 Å². The fourth-order valence-corrected chi connectivity index (χ4v) is 4.28. The summed E-state index contributed by atoms with van der Waals surface area (Å²) < 4.78 is 40.3. The molecular weight excluding hydrogens is 297 g/mol. The van der Waals surface area contributed by atoms with Gasteiger partial charge >= 0.3 is 5.97 Å². The lowest BCUT2D eigenvalue weighted by molar-refractivity contribution is -0.143. The van der Waals surface area contributed by atoms with Gasteiger partial charge in [-0.2, -0.15) is 0 Å². The highest BCUT2D eigenvalue weighted by molar-refractivity contribution is 7.89. The van der Waals surface area contributed by atoms with Gasteiger partial charge in [0.2, 0.25) is 10.0 Å². The van der Waals surface area contributed by atoms with E-state index in [2.05, 4.69) is 4.72 Å². The summed E-state index contributed by atoms with van der Waals surface area (Å²) in [5.41, 5.74) is 0.296. The molecule has 0 heterocycles. The van der Waals surface area contributed by atoms with Crippen molar-refractivity contribution in [3.8, 4) is 0 Å². The second-order valence-electron chi connectivity index (χ2n) is 5.37. The van der Waals surface area contributed by atoms with Gasteiger partial charge in [-0.05, 0) is 43.5 Å². The molecule has 2 N–H and O–H groups in total. The lowest BCUT2D eigenvalue weighted by Gasteiger charge is -2.29. The van der Waals surface area contributed by atoms with Gasteiger partial charge in [0.05, 0.1) is 10.8 Å². The zero-order valence-electron chi connectivity index (χ0n) is 11.7. The van der Waals surface area contributed by atoms with Crippen molar-refractivity contribution in [2.45, 2.75) is 43.5 Å². The summed E-state index contributed by atoms with van der Waals surface area (Å²) in [4.78, 5) is 11.2. The molecule has 5 nitrogen and oxygen atoms in total. The molecule has 2 atom stereocenters. The summed E-state index contributed by atoms with van der Waals surface area (Å²) in [5.74, 6) is -2.21. The molecule has 1 aromatic carbocycles. The fourth-order valence-electron chi connectivity index (χ4n) is 2.74. The monoisotopic (exact) mass is 315 g/mol. The predicted molar refractivity (Wildman–Crippen MR) is 74.8 cm³/mol. The number of aliphatic carboxylic acids is 1. The zero-order valence-corrected chi connectivity index (χ0v) is 12.5. The van der Waals surface area contributed by atoms with Gasteiger partial charge in [-0.25, -0.2) is 17.5 Å². The van der Waals surface area contributed by atoms with Gasteiger partial charge in [-0.15, -0.1) is 0 Å². The Bertz CT molecular complexity index is 644. The molecule has 0 amide bonds. The molecule has 0 saturated heterocycles. The molecule has 116 valence electrons. The van der Waals surface area contributed by atoms with Crippen LogP contribution in [0.3, 0.4) is 0 Å². The van der Waals surface area contributed by atoms with Crippen LogP contribution in [0, 0.1) is 18.7 Å². The third-order valence-corrected chi connectivity index (χ3v) is 5.47. The van der Waals surface area contributed by atoms with Crippen LogP contribution in [0.4, 0.5) is 4.39 Å². The number of hydrogen-bond donors (Lipinski definition) is 2. The van der Waals surface area contributed by atoms with E-state index in [1.807, 2.05) is 0 Å². The third-order valence-electron chi connectivity index (χ3n) is 3.82. The fraction of sp³-hybridized carbons (Fsp3) is 0.500. The zero-order chi connectivity index (χ0) is 15.6. The quantitative estimate of drug-likeness (QED) is 0.891. The molecule has 1 fully saturated rings. The largest absolute Gasteiger partial charge is 0.481 e. The van der Waals surface area contributed by atoms with Gasteiger partial charge in [0.1, 0.15) is 5.82 Å². The lowest BCUT2D eigenvalue weighted by atomic mass is 9.85. The maximum absolute atomic E-state index is 13.1. The van der Waals surface area contributed by atoms with E-state index in [1.165, 1.54) is 13.0 Å². The smallest absolute Gasteiger partial charge is 0.308 e. The summed E-state index contributed by atoms with van der Waals surface area (Å²) in [5, 5.41) is 9.18. The van der Waals surface area contributed by atoms with Crippen LogP contribution in [-0.2, 0) is 14.8 Å². The van der Waals surface area contributed by atoms with E-state index >= 15 is 0 Å². The molecular formula is C14H18FNO4S. The van der Waals surface area contributed by atoms with Crippen LogP contribution < -0.4 is 4.72 Å². The number of halogens is 1. The van der Waals surface area contributed by atoms with Crippen LogP contribution in [-0.4, -0.2) is 25.5 Å². The molecule has 7 heteroatoms. The summed E-state index contributed by atoms with van der Waals surface area (Å²) in [7, 11) is -3.85. The Balaban J connectivity index is 2.25. The van der Waals surface area contributed by atoms with Gasteiger partial charge in [0.25, 0.3) is 0 Å². The predicted octanol–water partition coefficient (Wildman–Crippen LogP) is 2.06. The van der Waals surface area contributed by atoms with Crippen molar-refractivity contribution in [2.24, 2.45) is 5.92 Å². The average Bonchev–Trinajstić information content (AvgIpc) is 2.37. The second kappa shape index (κ2) is 6.11. The number of carbonyl (C=O) groups is 1. The van der Waals surface area contributed by atoms with Crippen LogP contribution >= 0.6 is 0 Å². The first-order valence-electron chi connectivity index (χ1n) is 6.82. The Hall–Kier alpha value is -1.47. The normalized spacial score (nSPS) is 23.0. The minimum atomic E-state index is -3.85. The highest BCUT2D eigenvalue weighted by atomic mass is 32.2. The van der Waals surface area contributed by atoms with Crippen LogP contribution in [0.2, 0.25) is 0 Å². The van der Waals surface area contributed by atoms with Crippen molar-refractivity contribution in [3.63, 3.8) is 0 Å². The number of aryl methyl sites for hydroxylation is 1. The van der Waals surface area contributed by atoms with Crippen LogP contribution in [0.1, 0.15) is 31.2 Å². The molecule has 0 aliphatic heterocycles. The first-order valence-corrected chi connectivity index (χ1v) is 8.31. The van der Waals surface area contributed by atoms with E-state index in [0.29, 0.717) is 18.4 Å². The Morgan fingerprint density at radius 3 is 2.62 bits per heavy atom. The third kappa shape index (κ3) is 3.59. The molecule has 21 heavy (non-hydrogen) atoms. The van der Waals surface area contributed by atoms with Gasteiger partial charge in [-0.1, -0.05) is 12.8 Å². The summed E-state index contributed by atoms with van der Waals surface area (Å²) >= 11 is 0. The Labute approximate surface area is 123 Å². The van der Waals surface area contributed by atoms with Crippen molar-refractivity contribution in [1.82, 2.24) is 4.72 Å².